The maximum absolute atomic E-state index is 13.0. The molecule has 31 heavy (non-hydrogen) atoms. The van der Waals surface area contributed by atoms with E-state index in [1.54, 1.807) is 17.0 Å². The van der Waals surface area contributed by atoms with Crippen LogP contribution in [-0.2, 0) is 4.79 Å². The largest absolute Gasteiger partial charge is 0.351 e. The number of fused-ring (bicyclic) bond motifs is 1. The first-order valence-electron chi connectivity index (χ1n) is 11.2. The quantitative estimate of drug-likeness (QED) is 0.768. The summed E-state index contributed by atoms with van der Waals surface area (Å²) >= 11 is 6.05. The molecular weight excluding hydrogens is 414 g/mol. The molecule has 2 saturated heterocycles. The molecule has 0 unspecified atom stereocenters. The summed E-state index contributed by atoms with van der Waals surface area (Å²) < 4.78 is 0. The van der Waals surface area contributed by atoms with Gasteiger partial charge in [-0.25, -0.2) is 0 Å². The Balaban J connectivity index is 1.33. The number of H-pyrrole nitrogens is 1. The number of likely N-dealkylation sites (tertiary alicyclic amines) is 1. The van der Waals surface area contributed by atoms with Crippen LogP contribution in [0.4, 0.5) is 0 Å². The lowest BCUT2D eigenvalue weighted by atomic mass is 10.0. The third-order valence-corrected chi connectivity index (χ3v) is 6.91. The Labute approximate surface area is 188 Å². The van der Waals surface area contributed by atoms with Gasteiger partial charge in [0.25, 0.3) is 5.91 Å². The Morgan fingerprint density at radius 1 is 1.10 bits per heavy atom. The molecule has 2 aromatic rings. The van der Waals surface area contributed by atoms with E-state index in [0.717, 1.165) is 50.2 Å². The van der Waals surface area contributed by atoms with E-state index in [0.29, 0.717) is 23.3 Å². The zero-order chi connectivity index (χ0) is 22.0. The summed E-state index contributed by atoms with van der Waals surface area (Å²) in [6.07, 6.45) is 2.41. The van der Waals surface area contributed by atoms with Crippen molar-refractivity contribution in [3.63, 3.8) is 0 Å². The van der Waals surface area contributed by atoms with Crippen molar-refractivity contribution in [3.8, 4) is 0 Å². The molecule has 1 N–H and O–H groups in total. The van der Waals surface area contributed by atoms with Crippen LogP contribution < -0.4 is 0 Å². The van der Waals surface area contributed by atoms with E-state index in [1.807, 2.05) is 24.0 Å². The van der Waals surface area contributed by atoms with Crippen molar-refractivity contribution in [2.75, 3.05) is 59.4 Å². The standard InChI is InChI=1S/C23H32ClN5O2/c1-3-27(23(31)21-15-17-14-18(24)4-5-20(17)25-21)16-22(30)29-12-10-28(11-13-29)19-6-8-26(2)9-7-19/h4-5,14-15,19,25H,3,6-13,16H2,1-2H3. The fourth-order valence-corrected chi connectivity index (χ4v) is 4.86. The Hall–Kier alpha value is -2.09. The normalized spacial score (nSPS) is 19.1. The predicted octanol–water partition coefficient (Wildman–Crippen LogP) is 2.52. The molecule has 8 heteroatoms. The minimum Gasteiger partial charge on any atom is -0.351 e. The third-order valence-electron chi connectivity index (χ3n) is 6.68. The van der Waals surface area contributed by atoms with Crippen LogP contribution in [0.2, 0.25) is 5.02 Å². The zero-order valence-electron chi connectivity index (χ0n) is 18.4. The van der Waals surface area contributed by atoms with E-state index in [1.165, 1.54) is 12.8 Å². The van der Waals surface area contributed by atoms with Crippen LogP contribution in [0.3, 0.4) is 0 Å². The van der Waals surface area contributed by atoms with Crippen molar-refractivity contribution < 1.29 is 9.59 Å². The first kappa shape index (κ1) is 22.1. The number of likely N-dealkylation sites (N-methyl/N-ethyl adjacent to an activating group) is 1. The molecule has 7 nitrogen and oxygen atoms in total. The average Bonchev–Trinajstić information content (AvgIpc) is 3.20. The first-order chi connectivity index (χ1) is 14.9. The van der Waals surface area contributed by atoms with Gasteiger partial charge in [0.15, 0.2) is 0 Å². The minimum atomic E-state index is -0.159. The maximum Gasteiger partial charge on any atom is 0.270 e. The Morgan fingerprint density at radius 2 is 1.81 bits per heavy atom. The Bertz CT molecular complexity index is 929. The lowest BCUT2D eigenvalue weighted by Crippen LogP contribution is -2.55. The molecule has 3 heterocycles. The van der Waals surface area contributed by atoms with Crippen molar-refractivity contribution in [2.45, 2.75) is 25.8 Å². The molecule has 0 atom stereocenters. The summed E-state index contributed by atoms with van der Waals surface area (Å²) in [5.41, 5.74) is 1.35. The molecule has 0 radical (unpaired) electrons. The van der Waals surface area contributed by atoms with E-state index in [4.69, 9.17) is 11.6 Å². The number of piperazine rings is 1. The summed E-state index contributed by atoms with van der Waals surface area (Å²) in [6, 6.07) is 7.92. The van der Waals surface area contributed by atoms with Crippen LogP contribution in [0, 0.1) is 0 Å². The molecule has 2 aliphatic rings. The lowest BCUT2D eigenvalue weighted by Gasteiger charge is -2.42. The molecule has 2 amide bonds. The summed E-state index contributed by atoms with van der Waals surface area (Å²) in [5.74, 6) is -0.134. The molecule has 2 fully saturated rings. The average molecular weight is 446 g/mol. The molecule has 0 aliphatic carbocycles. The van der Waals surface area contributed by atoms with E-state index in [-0.39, 0.29) is 18.4 Å². The highest BCUT2D eigenvalue weighted by molar-refractivity contribution is 6.31. The van der Waals surface area contributed by atoms with Gasteiger partial charge in [0.2, 0.25) is 5.91 Å². The Kier molecular flexibility index (Phi) is 6.84. The number of benzene rings is 1. The highest BCUT2D eigenvalue weighted by Gasteiger charge is 2.29. The number of carbonyl (C=O) groups is 2. The van der Waals surface area contributed by atoms with Gasteiger partial charge < -0.3 is 19.7 Å². The van der Waals surface area contributed by atoms with Crippen molar-refractivity contribution >= 4 is 34.3 Å². The first-order valence-corrected chi connectivity index (χ1v) is 11.6. The van der Waals surface area contributed by atoms with Crippen LogP contribution >= 0.6 is 11.6 Å². The van der Waals surface area contributed by atoms with Crippen molar-refractivity contribution in [1.82, 2.24) is 24.6 Å². The molecule has 0 saturated carbocycles. The van der Waals surface area contributed by atoms with Gasteiger partial charge in [-0.2, -0.15) is 0 Å². The number of nitrogens with zero attached hydrogens (tertiary/aromatic N) is 4. The van der Waals surface area contributed by atoms with Crippen LogP contribution in [0.1, 0.15) is 30.3 Å². The fraction of sp³-hybridized carbons (Fsp3) is 0.565. The van der Waals surface area contributed by atoms with E-state index >= 15 is 0 Å². The number of aromatic amines is 1. The smallest absolute Gasteiger partial charge is 0.270 e. The highest BCUT2D eigenvalue weighted by atomic mass is 35.5. The topological polar surface area (TPSA) is 62.9 Å². The second kappa shape index (κ2) is 9.59. The highest BCUT2D eigenvalue weighted by Crippen LogP contribution is 2.21. The van der Waals surface area contributed by atoms with Gasteiger partial charge in [0, 0.05) is 54.7 Å². The molecule has 1 aromatic heterocycles. The van der Waals surface area contributed by atoms with Gasteiger partial charge in [-0.05, 0) is 64.2 Å². The number of piperidine rings is 1. The van der Waals surface area contributed by atoms with Gasteiger partial charge in [-0.3, -0.25) is 14.5 Å². The van der Waals surface area contributed by atoms with Gasteiger partial charge in [-0.15, -0.1) is 0 Å². The van der Waals surface area contributed by atoms with Gasteiger partial charge in [-0.1, -0.05) is 11.6 Å². The molecule has 168 valence electrons. The number of rotatable bonds is 5. The van der Waals surface area contributed by atoms with Crippen LogP contribution in [-0.4, -0.2) is 102 Å². The molecular formula is C23H32ClN5O2. The summed E-state index contributed by atoms with van der Waals surface area (Å²) in [5, 5.41) is 1.52. The maximum atomic E-state index is 13.0. The number of carbonyl (C=O) groups excluding carboxylic acids is 2. The SMILES string of the molecule is CCN(CC(=O)N1CCN(C2CCN(C)CC2)CC1)C(=O)c1cc2cc(Cl)ccc2[nH]1. The molecule has 2 aliphatic heterocycles. The van der Waals surface area contributed by atoms with E-state index < -0.39 is 0 Å². The number of nitrogens with one attached hydrogen (secondary N) is 1. The van der Waals surface area contributed by atoms with E-state index in [2.05, 4.69) is 21.8 Å². The summed E-state index contributed by atoms with van der Waals surface area (Å²) in [6.45, 7) is 8.11. The van der Waals surface area contributed by atoms with Crippen LogP contribution in [0.25, 0.3) is 10.9 Å². The number of hydrogen-bond acceptors (Lipinski definition) is 4. The lowest BCUT2D eigenvalue weighted by molar-refractivity contribution is -0.134. The fourth-order valence-electron chi connectivity index (χ4n) is 4.68. The van der Waals surface area contributed by atoms with Crippen LogP contribution in [0.15, 0.2) is 24.3 Å². The number of aromatic nitrogens is 1. The molecule has 0 bridgehead atoms. The van der Waals surface area contributed by atoms with Crippen molar-refractivity contribution in [3.05, 3.63) is 35.0 Å². The van der Waals surface area contributed by atoms with Crippen LogP contribution in [0.5, 0.6) is 0 Å². The Morgan fingerprint density at radius 3 is 2.48 bits per heavy atom. The zero-order valence-corrected chi connectivity index (χ0v) is 19.2. The summed E-state index contributed by atoms with van der Waals surface area (Å²) in [4.78, 5) is 37.5. The van der Waals surface area contributed by atoms with E-state index in [9.17, 15) is 9.59 Å². The predicted molar refractivity (Wildman–Crippen MR) is 124 cm³/mol. The number of halogens is 1. The van der Waals surface area contributed by atoms with Gasteiger partial charge in [0.1, 0.15) is 12.2 Å². The molecule has 4 rings (SSSR count). The summed E-state index contributed by atoms with van der Waals surface area (Å²) in [7, 11) is 2.18. The van der Waals surface area contributed by atoms with Gasteiger partial charge >= 0.3 is 0 Å². The van der Waals surface area contributed by atoms with Crippen molar-refractivity contribution in [2.24, 2.45) is 0 Å². The second-order valence-corrected chi connectivity index (χ2v) is 9.12. The second-order valence-electron chi connectivity index (χ2n) is 8.69. The number of amides is 2. The molecule has 1 aromatic carbocycles. The minimum absolute atomic E-state index is 0.0254. The van der Waals surface area contributed by atoms with Crippen molar-refractivity contribution in [1.29, 1.82) is 0 Å². The third kappa shape index (κ3) is 5.05. The number of hydrogen-bond donors (Lipinski definition) is 1. The molecule has 0 spiro atoms. The monoisotopic (exact) mass is 445 g/mol. The van der Waals surface area contributed by atoms with Gasteiger partial charge in [0.05, 0.1) is 0 Å².